The Morgan fingerprint density at radius 1 is 1.32 bits per heavy atom. The van der Waals surface area contributed by atoms with Crippen molar-refractivity contribution in [2.45, 2.75) is 34.2 Å². The summed E-state index contributed by atoms with van der Waals surface area (Å²) in [6.45, 7) is 7.63. The van der Waals surface area contributed by atoms with Gasteiger partial charge >= 0.3 is 0 Å². The molecule has 3 nitrogen and oxygen atoms in total. The first kappa shape index (κ1) is 13.5. The van der Waals surface area contributed by atoms with Gasteiger partial charge in [-0.2, -0.15) is 5.10 Å². The summed E-state index contributed by atoms with van der Waals surface area (Å²) < 4.78 is 15.0. The van der Waals surface area contributed by atoms with Crippen LogP contribution in [0, 0.1) is 26.6 Å². The Labute approximate surface area is 112 Å². The van der Waals surface area contributed by atoms with E-state index in [0.29, 0.717) is 12.1 Å². The molecule has 0 aliphatic rings. The lowest BCUT2D eigenvalue weighted by Crippen LogP contribution is -2.06. The largest absolute Gasteiger partial charge is 0.294 e. The van der Waals surface area contributed by atoms with Gasteiger partial charge in [-0.15, -0.1) is 0 Å². The predicted octanol–water partition coefficient (Wildman–Crippen LogP) is 3.20. The minimum absolute atomic E-state index is 0.0113. The molecular weight excluding hydrogens is 243 g/mol. The van der Waals surface area contributed by atoms with Crippen LogP contribution in [0.3, 0.4) is 0 Å². The molecule has 0 saturated heterocycles. The summed E-state index contributed by atoms with van der Waals surface area (Å²) >= 11 is 0. The molecule has 0 atom stereocenters. The number of hydrogen-bond acceptors (Lipinski definition) is 2. The van der Waals surface area contributed by atoms with Crippen LogP contribution in [0.5, 0.6) is 0 Å². The van der Waals surface area contributed by atoms with Crippen LogP contribution >= 0.6 is 0 Å². The van der Waals surface area contributed by atoms with E-state index in [-0.39, 0.29) is 11.6 Å². The van der Waals surface area contributed by atoms with E-state index < -0.39 is 0 Å². The first-order valence-electron chi connectivity index (χ1n) is 6.20. The molecule has 4 heteroatoms. The quantitative estimate of drug-likeness (QED) is 0.794. The van der Waals surface area contributed by atoms with Crippen molar-refractivity contribution in [1.82, 2.24) is 9.78 Å². The second-order valence-corrected chi connectivity index (χ2v) is 4.83. The molecule has 2 rings (SSSR count). The van der Waals surface area contributed by atoms with Gasteiger partial charge in [0.25, 0.3) is 0 Å². The second-order valence-electron chi connectivity index (χ2n) is 4.83. The summed E-state index contributed by atoms with van der Waals surface area (Å²) in [7, 11) is 0. The maximum absolute atomic E-state index is 13.3. The molecule has 100 valence electrons. The molecule has 1 heterocycles. The Kier molecular flexibility index (Phi) is 3.51. The van der Waals surface area contributed by atoms with Gasteiger partial charge in [0, 0.05) is 5.69 Å². The standard InChI is InChI=1S/C15H17FN2O/c1-9-5-6-14(16)7-13(9)8-18-11(3)15(12(4)19)10(2)17-18/h5-7H,8H2,1-4H3. The van der Waals surface area contributed by atoms with Crippen LogP contribution < -0.4 is 0 Å². The molecule has 0 fully saturated rings. The summed E-state index contributed by atoms with van der Waals surface area (Å²) in [4.78, 5) is 11.6. The van der Waals surface area contributed by atoms with Gasteiger partial charge in [0.2, 0.25) is 0 Å². The average molecular weight is 260 g/mol. The van der Waals surface area contributed by atoms with E-state index in [0.717, 1.165) is 22.5 Å². The highest BCUT2D eigenvalue weighted by atomic mass is 19.1. The minimum Gasteiger partial charge on any atom is -0.294 e. The fourth-order valence-electron chi connectivity index (χ4n) is 2.33. The number of aromatic nitrogens is 2. The van der Waals surface area contributed by atoms with E-state index in [1.54, 1.807) is 10.7 Å². The molecule has 2 aromatic rings. The molecule has 0 unspecified atom stereocenters. The van der Waals surface area contributed by atoms with Gasteiger partial charge < -0.3 is 0 Å². The third-order valence-corrected chi connectivity index (χ3v) is 3.36. The fourth-order valence-corrected chi connectivity index (χ4v) is 2.33. The van der Waals surface area contributed by atoms with Crippen LogP contribution in [0.1, 0.15) is 39.8 Å². The van der Waals surface area contributed by atoms with Gasteiger partial charge in [-0.1, -0.05) is 6.07 Å². The van der Waals surface area contributed by atoms with Crippen LogP contribution in [0.25, 0.3) is 0 Å². The van der Waals surface area contributed by atoms with Crippen LogP contribution in [0.2, 0.25) is 0 Å². The summed E-state index contributed by atoms with van der Waals surface area (Å²) in [6, 6.07) is 4.71. The number of halogens is 1. The molecule has 0 bridgehead atoms. The topological polar surface area (TPSA) is 34.9 Å². The smallest absolute Gasteiger partial charge is 0.163 e. The number of nitrogens with zero attached hydrogens (tertiary/aromatic N) is 2. The monoisotopic (exact) mass is 260 g/mol. The predicted molar refractivity (Wildman–Crippen MR) is 71.9 cm³/mol. The van der Waals surface area contributed by atoms with Crippen molar-refractivity contribution >= 4 is 5.78 Å². The first-order valence-corrected chi connectivity index (χ1v) is 6.20. The lowest BCUT2D eigenvalue weighted by Gasteiger charge is -2.08. The number of aryl methyl sites for hydroxylation is 2. The normalized spacial score (nSPS) is 10.8. The zero-order valence-electron chi connectivity index (χ0n) is 11.6. The van der Waals surface area contributed by atoms with Gasteiger partial charge in [-0.3, -0.25) is 9.48 Å². The lowest BCUT2D eigenvalue weighted by molar-refractivity contribution is 0.101. The lowest BCUT2D eigenvalue weighted by atomic mass is 10.1. The van der Waals surface area contributed by atoms with Crippen molar-refractivity contribution < 1.29 is 9.18 Å². The molecule has 0 radical (unpaired) electrons. The third kappa shape index (κ3) is 2.57. The van der Waals surface area contributed by atoms with Gasteiger partial charge in [0.1, 0.15) is 5.82 Å². The van der Waals surface area contributed by atoms with E-state index in [9.17, 15) is 9.18 Å². The highest BCUT2D eigenvalue weighted by Gasteiger charge is 2.15. The molecule has 0 N–H and O–H groups in total. The molecule has 0 saturated carbocycles. The number of benzene rings is 1. The Balaban J connectivity index is 2.42. The first-order chi connectivity index (χ1) is 8.90. The molecule has 0 amide bonds. The number of carbonyl (C=O) groups excluding carboxylic acids is 1. The van der Waals surface area contributed by atoms with Crippen molar-refractivity contribution in [3.05, 3.63) is 52.1 Å². The van der Waals surface area contributed by atoms with E-state index in [4.69, 9.17) is 0 Å². The summed E-state index contributed by atoms with van der Waals surface area (Å²) in [6.07, 6.45) is 0. The Morgan fingerprint density at radius 2 is 2.00 bits per heavy atom. The second kappa shape index (κ2) is 4.96. The van der Waals surface area contributed by atoms with Crippen LogP contribution in [-0.2, 0) is 6.54 Å². The Morgan fingerprint density at radius 3 is 2.58 bits per heavy atom. The molecule has 1 aromatic heterocycles. The molecule has 19 heavy (non-hydrogen) atoms. The van der Waals surface area contributed by atoms with E-state index in [1.807, 2.05) is 20.8 Å². The van der Waals surface area contributed by atoms with Gasteiger partial charge in [-0.05, 0) is 51.0 Å². The summed E-state index contributed by atoms with van der Waals surface area (Å²) in [5.41, 5.74) is 4.10. The van der Waals surface area contributed by atoms with Crippen LogP contribution in [0.15, 0.2) is 18.2 Å². The SMILES string of the molecule is CC(=O)c1c(C)nn(Cc2cc(F)ccc2C)c1C. The van der Waals surface area contributed by atoms with E-state index in [1.165, 1.54) is 19.1 Å². The maximum Gasteiger partial charge on any atom is 0.163 e. The highest BCUT2D eigenvalue weighted by molar-refractivity contribution is 5.96. The highest BCUT2D eigenvalue weighted by Crippen LogP contribution is 2.17. The van der Waals surface area contributed by atoms with Crippen LogP contribution in [0.4, 0.5) is 4.39 Å². The third-order valence-electron chi connectivity index (χ3n) is 3.36. The van der Waals surface area contributed by atoms with Gasteiger partial charge in [0.05, 0.1) is 17.8 Å². The fraction of sp³-hybridized carbons (Fsp3) is 0.333. The maximum atomic E-state index is 13.3. The van der Waals surface area contributed by atoms with Gasteiger partial charge in [0.15, 0.2) is 5.78 Å². The number of ketones is 1. The van der Waals surface area contributed by atoms with Crippen molar-refractivity contribution in [3.63, 3.8) is 0 Å². The van der Waals surface area contributed by atoms with Crippen molar-refractivity contribution in [2.75, 3.05) is 0 Å². The Bertz CT molecular complexity index is 644. The summed E-state index contributed by atoms with van der Waals surface area (Å²) in [5.74, 6) is -0.244. The zero-order chi connectivity index (χ0) is 14.2. The van der Waals surface area contributed by atoms with Crippen LogP contribution in [-0.4, -0.2) is 15.6 Å². The van der Waals surface area contributed by atoms with Crippen molar-refractivity contribution in [3.8, 4) is 0 Å². The molecule has 1 aromatic carbocycles. The Hall–Kier alpha value is -1.97. The van der Waals surface area contributed by atoms with Gasteiger partial charge in [-0.25, -0.2) is 4.39 Å². The number of rotatable bonds is 3. The molecule has 0 spiro atoms. The van der Waals surface area contributed by atoms with E-state index in [2.05, 4.69) is 5.10 Å². The van der Waals surface area contributed by atoms with E-state index >= 15 is 0 Å². The molecular formula is C15H17FN2O. The summed E-state index contributed by atoms with van der Waals surface area (Å²) in [5, 5.41) is 4.37. The molecule has 0 aliphatic carbocycles. The molecule has 0 aliphatic heterocycles. The number of carbonyl (C=O) groups is 1. The number of Topliss-reactive ketones (excluding diaryl/α,β-unsaturated/α-hetero) is 1. The van der Waals surface area contributed by atoms with Crippen molar-refractivity contribution in [1.29, 1.82) is 0 Å². The number of hydrogen-bond donors (Lipinski definition) is 0. The minimum atomic E-state index is -0.256. The zero-order valence-corrected chi connectivity index (χ0v) is 11.6. The van der Waals surface area contributed by atoms with Crippen molar-refractivity contribution in [2.24, 2.45) is 0 Å². The average Bonchev–Trinajstić information content (AvgIpc) is 2.59.